The van der Waals surface area contributed by atoms with Crippen LogP contribution in [0.5, 0.6) is 0 Å². The van der Waals surface area contributed by atoms with Crippen molar-refractivity contribution in [2.75, 3.05) is 11.9 Å². The van der Waals surface area contributed by atoms with E-state index in [0.717, 1.165) is 27.8 Å². The quantitative estimate of drug-likeness (QED) is 0.335. The summed E-state index contributed by atoms with van der Waals surface area (Å²) in [5, 5.41) is 11.5. The van der Waals surface area contributed by atoms with Crippen molar-refractivity contribution in [2.24, 2.45) is 0 Å². The van der Waals surface area contributed by atoms with Gasteiger partial charge in [0.15, 0.2) is 0 Å². The number of hydrogen-bond acceptors (Lipinski definition) is 6. The molecule has 0 atom stereocenters. The number of carboxylic acids is 1. The molecule has 1 aliphatic carbocycles. The second-order valence-electron chi connectivity index (χ2n) is 7.72. The Morgan fingerprint density at radius 3 is 2.32 bits per heavy atom. The van der Waals surface area contributed by atoms with Crippen molar-refractivity contribution in [2.45, 2.75) is 5.92 Å². The fraction of sp³-hybridized carbons (Fsp3) is 0.0800. The van der Waals surface area contributed by atoms with Crippen molar-refractivity contribution in [1.29, 1.82) is 0 Å². The second kappa shape index (κ2) is 8.87. The summed E-state index contributed by atoms with van der Waals surface area (Å²) in [6.45, 7) is -0.344. The Morgan fingerprint density at radius 2 is 1.68 bits per heavy atom. The zero-order valence-electron chi connectivity index (χ0n) is 17.8. The average Bonchev–Trinajstić information content (AvgIpc) is 3.00. The zero-order chi connectivity index (χ0) is 23.7. The molecule has 4 aromatic rings. The van der Waals surface area contributed by atoms with Gasteiger partial charge in [-0.05, 0) is 22.3 Å². The largest absolute Gasteiger partial charge is 0.480 e. The summed E-state index contributed by atoms with van der Waals surface area (Å²) in [6.07, 6.45) is 7.33. The maximum Gasteiger partial charge on any atom is 0.332 e. The molecule has 8 nitrogen and oxygen atoms in total. The molecule has 5 rings (SSSR count). The molecule has 1 aliphatic rings. The fourth-order valence-corrected chi connectivity index (χ4v) is 4.38. The van der Waals surface area contributed by atoms with Crippen LogP contribution in [0.25, 0.3) is 18.0 Å². The SMILES string of the molecule is O=C(O)CNc1nccc(-n2cc(C3c4ccccc4C=Cc4ccccc43)c(=S)[nH]c2=O)n1. The van der Waals surface area contributed by atoms with E-state index in [-0.39, 0.29) is 24.2 Å². The van der Waals surface area contributed by atoms with E-state index >= 15 is 0 Å². The number of benzene rings is 2. The van der Waals surface area contributed by atoms with E-state index in [1.54, 1.807) is 12.3 Å². The lowest BCUT2D eigenvalue weighted by atomic mass is 9.83. The molecule has 0 amide bonds. The molecule has 9 heteroatoms. The third kappa shape index (κ3) is 4.04. The van der Waals surface area contributed by atoms with Crippen LogP contribution in [0.4, 0.5) is 5.95 Å². The number of H-pyrrole nitrogens is 1. The van der Waals surface area contributed by atoms with E-state index < -0.39 is 11.7 Å². The molecule has 0 spiro atoms. The molecule has 0 saturated heterocycles. The summed E-state index contributed by atoms with van der Waals surface area (Å²) >= 11 is 5.63. The smallest absolute Gasteiger partial charge is 0.332 e. The number of aromatic amines is 1. The third-order valence-electron chi connectivity index (χ3n) is 5.62. The summed E-state index contributed by atoms with van der Waals surface area (Å²) in [5.41, 5.74) is 4.57. The van der Waals surface area contributed by atoms with Crippen LogP contribution < -0.4 is 11.0 Å². The molecule has 0 saturated carbocycles. The predicted molar refractivity (Wildman–Crippen MR) is 132 cm³/mol. The number of aromatic nitrogens is 4. The van der Waals surface area contributed by atoms with Gasteiger partial charge in [0, 0.05) is 29.9 Å². The van der Waals surface area contributed by atoms with Gasteiger partial charge >= 0.3 is 11.7 Å². The number of aliphatic carboxylic acids is 1. The van der Waals surface area contributed by atoms with Gasteiger partial charge in [0.2, 0.25) is 5.95 Å². The lowest BCUT2D eigenvalue weighted by molar-refractivity contribution is -0.134. The highest BCUT2D eigenvalue weighted by Crippen LogP contribution is 2.39. The summed E-state index contributed by atoms with van der Waals surface area (Å²) in [7, 11) is 0. The number of hydrogen-bond donors (Lipinski definition) is 3. The normalized spacial score (nSPS) is 12.5. The molecule has 0 unspecified atom stereocenters. The highest BCUT2D eigenvalue weighted by Gasteiger charge is 2.25. The fourth-order valence-electron chi connectivity index (χ4n) is 4.12. The molecule has 0 aliphatic heterocycles. The van der Waals surface area contributed by atoms with Gasteiger partial charge in [-0.15, -0.1) is 0 Å². The minimum atomic E-state index is -1.04. The van der Waals surface area contributed by atoms with Gasteiger partial charge in [-0.1, -0.05) is 72.9 Å². The number of nitrogens with one attached hydrogen (secondary N) is 2. The molecular weight excluding hydrogens is 450 g/mol. The van der Waals surface area contributed by atoms with Crippen LogP contribution >= 0.6 is 12.2 Å². The van der Waals surface area contributed by atoms with E-state index in [1.165, 1.54) is 10.8 Å². The van der Waals surface area contributed by atoms with Gasteiger partial charge in [0.25, 0.3) is 0 Å². The molecule has 0 radical (unpaired) electrons. The van der Waals surface area contributed by atoms with Crippen LogP contribution in [0.15, 0.2) is 71.8 Å². The topological polar surface area (TPSA) is 113 Å². The Balaban J connectivity index is 1.69. The lowest BCUT2D eigenvalue weighted by Gasteiger charge is -2.21. The number of carbonyl (C=O) groups is 1. The van der Waals surface area contributed by atoms with Crippen molar-refractivity contribution >= 4 is 36.3 Å². The van der Waals surface area contributed by atoms with Gasteiger partial charge < -0.3 is 10.4 Å². The first-order valence-corrected chi connectivity index (χ1v) is 10.9. The minimum Gasteiger partial charge on any atom is -0.480 e. The van der Waals surface area contributed by atoms with Gasteiger partial charge in [-0.2, -0.15) is 4.98 Å². The first kappa shape index (κ1) is 21.5. The van der Waals surface area contributed by atoms with Crippen molar-refractivity contribution in [3.8, 4) is 5.82 Å². The summed E-state index contributed by atoms with van der Waals surface area (Å²) in [6, 6.07) is 17.8. The highest BCUT2D eigenvalue weighted by molar-refractivity contribution is 7.71. The first-order valence-electron chi connectivity index (χ1n) is 10.5. The zero-order valence-corrected chi connectivity index (χ0v) is 18.6. The van der Waals surface area contributed by atoms with Crippen LogP contribution in [-0.4, -0.2) is 37.1 Å². The van der Waals surface area contributed by atoms with Crippen LogP contribution in [0.2, 0.25) is 0 Å². The molecule has 168 valence electrons. The van der Waals surface area contributed by atoms with E-state index in [2.05, 4.69) is 56.7 Å². The molecule has 0 fully saturated rings. The number of rotatable bonds is 5. The Bertz CT molecular complexity index is 1510. The van der Waals surface area contributed by atoms with Crippen LogP contribution in [0.3, 0.4) is 0 Å². The monoisotopic (exact) mass is 469 g/mol. The average molecular weight is 470 g/mol. The molecule has 34 heavy (non-hydrogen) atoms. The van der Waals surface area contributed by atoms with Gasteiger partial charge in [-0.25, -0.2) is 9.78 Å². The summed E-state index contributed by atoms with van der Waals surface area (Å²) in [5.74, 6) is -0.875. The van der Waals surface area contributed by atoms with Crippen LogP contribution in [-0.2, 0) is 4.79 Å². The molecule has 2 aromatic heterocycles. The van der Waals surface area contributed by atoms with E-state index in [9.17, 15) is 9.59 Å². The number of carboxylic acid groups (broad SMARTS) is 1. The van der Waals surface area contributed by atoms with Gasteiger partial charge in [-0.3, -0.25) is 14.3 Å². The van der Waals surface area contributed by atoms with Gasteiger partial charge in [0.05, 0.1) is 0 Å². The Hall–Kier alpha value is -4.37. The highest BCUT2D eigenvalue weighted by atomic mass is 32.1. The second-order valence-corrected chi connectivity index (χ2v) is 8.13. The molecule has 0 bridgehead atoms. The number of anilines is 1. The third-order valence-corrected chi connectivity index (χ3v) is 5.96. The maximum absolute atomic E-state index is 12.9. The number of fused-ring (bicyclic) bond motifs is 2. The minimum absolute atomic E-state index is 0.102. The van der Waals surface area contributed by atoms with Crippen molar-refractivity contribution < 1.29 is 9.90 Å². The Morgan fingerprint density at radius 1 is 1.03 bits per heavy atom. The van der Waals surface area contributed by atoms with E-state index in [0.29, 0.717) is 4.64 Å². The summed E-state index contributed by atoms with van der Waals surface area (Å²) in [4.78, 5) is 34.9. The van der Waals surface area contributed by atoms with Gasteiger partial charge in [0.1, 0.15) is 17.0 Å². The molecular formula is C25H19N5O3S. The summed E-state index contributed by atoms with van der Waals surface area (Å²) < 4.78 is 1.71. The lowest BCUT2D eigenvalue weighted by Crippen LogP contribution is -2.25. The van der Waals surface area contributed by atoms with Crippen molar-refractivity contribution in [3.05, 3.63) is 110 Å². The standard InChI is InChI=1S/C25H19N5O3S/c31-21(32)13-27-24-26-12-11-20(28-24)30-14-19(23(34)29-25(30)33)22-17-7-3-1-5-15(17)9-10-16-6-2-4-8-18(16)22/h1-12,14,22H,13H2,(H,31,32)(H,26,27,28)(H,29,33,34). The van der Waals surface area contributed by atoms with E-state index in [1.807, 2.05) is 24.3 Å². The Labute approximate surface area is 199 Å². The molecule has 2 aromatic carbocycles. The number of nitrogens with zero attached hydrogens (tertiary/aromatic N) is 3. The Kier molecular flexibility index (Phi) is 5.60. The molecule has 3 N–H and O–H groups in total. The van der Waals surface area contributed by atoms with Crippen molar-refractivity contribution in [1.82, 2.24) is 19.5 Å². The maximum atomic E-state index is 12.9. The van der Waals surface area contributed by atoms with Crippen LogP contribution in [0, 0.1) is 4.64 Å². The van der Waals surface area contributed by atoms with E-state index in [4.69, 9.17) is 17.3 Å². The van der Waals surface area contributed by atoms with Crippen molar-refractivity contribution in [3.63, 3.8) is 0 Å². The first-order chi connectivity index (χ1) is 16.5. The van der Waals surface area contributed by atoms with Crippen LogP contribution in [0.1, 0.15) is 33.7 Å². The molecule has 2 heterocycles. The predicted octanol–water partition coefficient (Wildman–Crippen LogP) is 3.85.